The molecule has 1 amide bonds. The number of sulfonamides is 1. The van der Waals surface area contributed by atoms with Crippen LogP contribution in [0.2, 0.25) is 0 Å². The van der Waals surface area contributed by atoms with Crippen LogP contribution in [0.3, 0.4) is 0 Å². The molecule has 2 rings (SSSR count). The van der Waals surface area contributed by atoms with Crippen LogP contribution in [-0.2, 0) is 10.0 Å². The summed E-state index contributed by atoms with van der Waals surface area (Å²) in [6, 6.07) is 6.33. The number of hydrogen-bond acceptors (Lipinski definition) is 3. The van der Waals surface area contributed by atoms with Crippen LogP contribution in [0.5, 0.6) is 0 Å². The van der Waals surface area contributed by atoms with Gasteiger partial charge in [-0.3, -0.25) is 4.79 Å². The van der Waals surface area contributed by atoms with Crippen molar-refractivity contribution in [1.82, 2.24) is 10.0 Å². The highest BCUT2D eigenvalue weighted by Crippen LogP contribution is 2.19. The highest BCUT2D eigenvalue weighted by atomic mass is 32.2. The van der Waals surface area contributed by atoms with Crippen molar-refractivity contribution in [3.8, 4) is 0 Å². The van der Waals surface area contributed by atoms with Crippen molar-refractivity contribution in [2.75, 3.05) is 6.54 Å². The van der Waals surface area contributed by atoms with E-state index in [4.69, 9.17) is 0 Å². The highest BCUT2D eigenvalue weighted by Gasteiger charge is 2.24. The molecule has 110 valence electrons. The van der Waals surface area contributed by atoms with Gasteiger partial charge in [-0.25, -0.2) is 13.1 Å². The van der Waals surface area contributed by atoms with Crippen LogP contribution in [0.25, 0.3) is 0 Å². The number of nitrogens with one attached hydrogen (secondary N) is 2. The lowest BCUT2D eigenvalue weighted by molar-refractivity contribution is 0.0951. The average Bonchev–Trinajstić information content (AvgIpc) is 3.23. The first-order chi connectivity index (χ1) is 9.53. The summed E-state index contributed by atoms with van der Waals surface area (Å²) < 4.78 is 26.5. The first-order valence-electron chi connectivity index (χ1n) is 6.93. The molecular weight excluding hydrogens is 276 g/mol. The SMILES string of the molecule is CCCCNS(=O)(=O)c1ccc(C(=O)NC2CC2)cc1. The van der Waals surface area contributed by atoms with E-state index in [1.54, 1.807) is 12.1 Å². The number of benzene rings is 1. The molecule has 0 radical (unpaired) electrons. The van der Waals surface area contributed by atoms with Gasteiger partial charge in [0.1, 0.15) is 0 Å². The number of carbonyl (C=O) groups is 1. The third-order valence-corrected chi connectivity index (χ3v) is 4.64. The molecule has 1 aliphatic carbocycles. The molecular formula is C14H20N2O3S. The molecule has 0 atom stereocenters. The molecule has 5 nitrogen and oxygen atoms in total. The van der Waals surface area contributed by atoms with Gasteiger partial charge < -0.3 is 5.32 Å². The Morgan fingerprint density at radius 1 is 1.25 bits per heavy atom. The van der Waals surface area contributed by atoms with E-state index in [-0.39, 0.29) is 10.8 Å². The number of hydrogen-bond donors (Lipinski definition) is 2. The van der Waals surface area contributed by atoms with Crippen molar-refractivity contribution in [1.29, 1.82) is 0 Å². The molecule has 1 fully saturated rings. The lowest BCUT2D eigenvalue weighted by Crippen LogP contribution is -2.26. The zero-order valence-electron chi connectivity index (χ0n) is 11.6. The number of carbonyl (C=O) groups excluding carboxylic acids is 1. The van der Waals surface area contributed by atoms with Gasteiger partial charge in [0.2, 0.25) is 10.0 Å². The summed E-state index contributed by atoms with van der Waals surface area (Å²) in [5.74, 6) is -0.143. The molecule has 2 N–H and O–H groups in total. The molecule has 0 aliphatic heterocycles. The normalized spacial score (nSPS) is 15.1. The Balaban J connectivity index is 2.01. The van der Waals surface area contributed by atoms with Crippen molar-refractivity contribution in [2.24, 2.45) is 0 Å². The number of unbranched alkanes of at least 4 members (excludes halogenated alkanes) is 1. The Hall–Kier alpha value is -1.40. The molecule has 20 heavy (non-hydrogen) atoms. The van der Waals surface area contributed by atoms with Crippen molar-refractivity contribution in [3.05, 3.63) is 29.8 Å². The van der Waals surface area contributed by atoms with E-state index < -0.39 is 10.0 Å². The Bertz CT molecular complexity index is 563. The van der Waals surface area contributed by atoms with E-state index in [1.807, 2.05) is 6.92 Å². The maximum absolute atomic E-state index is 12.0. The highest BCUT2D eigenvalue weighted by molar-refractivity contribution is 7.89. The molecule has 0 bridgehead atoms. The summed E-state index contributed by atoms with van der Waals surface area (Å²) >= 11 is 0. The van der Waals surface area contributed by atoms with Gasteiger partial charge in [0.25, 0.3) is 5.91 Å². The van der Waals surface area contributed by atoms with E-state index in [1.165, 1.54) is 12.1 Å². The predicted molar refractivity (Wildman–Crippen MR) is 77.0 cm³/mol. The van der Waals surface area contributed by atoms with Crippen LogP contribution in [0, 0.1) is 0 Å². The van der Waals surface area contributed by atoms with Gasteiger partial charge in [-0.2, -0.15) is 0 Å². The lowest BCUT2D eigenvalue weighted by atomic mass is 10.2. The van der Waals surface area contributed by atoms with Crippen molar-refractivity contribution in [3.63, 3.8) is 0 Å². The molecule has 0 spiro atoms. The summed E-state index contributed by atoms with van der Waals surface area (Å²) in [4.78, 5) is 12.0. The van der Waals surface area contributed by atoms with E-state index in [9.17, 15) is 13.2 Å². The Morgan fingerprint density at radius 3 is 2.45 bits per heavy atom. The minimum absolute atomic E-state index is 0.143. The maximum Gasteiger partial charge on any atom is 0.251 e. The summed E-state index contributed by atoms with van der Waals surface area (Å²) in [5, 5.41) is 2.87. The molecule has 0 aromatic heterocycles. The zero-order valence-corrected chi connectivity index (χ0v) is 12.4. The monoisotopic (exact) mass is 296 g/mol. The Morgan fingerprint density at radius 2 is 1.90 bits per heavy atom. The quantitative estimate of drug-likeness (QED) is 0.751. The smallest absolute Gasteiger partial charge is 0.251 e. The van der Waals surface area contributed by atoms with Gasteiger partial charge in [-0.1, -0.05) is 13.3 Å². The first-order valence-corrected chi connectivity index (χ1v) is 8.42. The third-order valence-electron chi connectivity index (χ3n) is 3.16. The largest absolute Gasteiger partial charge is 0.349 e. The summed E-state index contributed by atoms with van der Waals surface area (Å²) in [7, 11) is -3.47. The molecule has 1 aromatic rings. The summed E-state index contributed by atoms with van der Waals surface area (Å²) in [6.45, 7) is 2.43. The van der Waals surface area contributed by atoms with Crippen molar-refractivity contribution in [2.45, 2.75) is 43.5 Å². The second-order valence-corrected chi connectivity index (χ2v) is 6.79. The van der Waals surface area contributed by atoms with Gasteiger partial charge in [-0.15, -0.1) is 0 Å². The number of amides is 1. The Kier molecular flexibility index (Phi) is 4.77. The fraction of sp³-hybridized carbons (Fsp3) is 0.500. The van der Waals surface area contributed by atoms with Crippen LogP contribution in [-0.4, -0.2) is 26.9 Å². The topological polar surface area (TPSA) is 75.3 Å². The zero-order chi connectivity index (χ0) is 14.6. The fourth-order valence-electron chi connectivity index (χ4n) is 1.75. The lowest BCUT2D eigenvalue weighted by Gasteiger charge is -2.07. The molecule has 0 unspecified atom stereocenters. The minimum Gasteiger partial charge on any atom is -0.349 e. The van der Waals surface area contributed by atoms with Crippen LogP contribution in [0.1, 0.15) is 43.0 Å². The van der Waals surface area contributed by atoms with Gasteiger partial charge >= 0.3 is 0 Å². The maximum atomic E-state index is 12.0. The molecule has 0 heterocycles. The van der Waals surface area contributed by atoms with E-state index in [2.05, 4.69) is 10.0 Å². The number of rotatable bonds is 7. The van der Waals surface area contributed by atoms with Gasteiger partial charge in [0.05, 0.1) is 4.90 Å². The fourth-order valence-corrected chi connectivity index (χ4v) is 2.82. The first kappa shape index (κ1) is 15.0. The minimum atomic E-state index is -3.47. The van der Waals surface area contributed by atoms with Gasteiger partial charge in [0.15, 0.2) is 0 Å². The second-order valence-electron chi connectivity index (χ2n) is 5.02. The van der Waals surface area contributed by atoms with Crippen molar-refractivity contribution >= 4 is 15.9 Å². The van der Waals surface area contributed by atoms with E-state index >= 15 is 0 Å². The summed E-state index contributed by atoms with van der Waals surface area (Å²) in [5.41, 5.74) is 0.490. The second kappa shape index (κ2) is 6.37. The molecule has 1 saturated carbocycles. The molecule has 6 heteroatoms. The average molecular weight is 296 g/mol. The molecule has 1 aliphatic rings. The van der Waals surface area contributed by atoms with Crippen LogP contribution in [0.15, 0.2) is 29.2 Å². The van der Waals surface area contributed by atoms with Crippen molar-refractivity contribution < 1.29 is 13.2 Å². The van der Waals surface area contributed by atoms with Crippen LogP contribution < -0.4 is 10.0 Å². The predicted octanol–water partition coefficient (Wildman–Crippen LogP) is 1.66. The van der Waals surface area contributed by atoms with Gasteiger partial charge in [0, 0.05) is 18.2 Å². The van der Waals surface area contributed by atoms with Crippen LogP contribution in [0.4, 0.5) is 0 Å². The standard InChI is InChI=1S/C14H20N2O3S/c1-2-3-10-15-20(18,19)13-8-4-11(5-9-13)14(17)16-12-6-7-12/h4-5,8-9,12,15H,2-3,6-7,10H2,1H3,(H,16,17). The summed E-state index contributed by atoms with van der Waals surface area (Å²) in [6.07, 6.45) is 3.79. The molecule has 0 saturated heterocycles. The van der Waals surface area contributed by atoms with Gasteiger partial charge in [-0.05, 0) is 43.5 Å². The van der Waals surface area contributed by atoms with E-state index in [0.717, 1.165) is 25.7 Å². The molecule has 1 aromatic carbocycles. The Labute approximate surface area is 119 Å². The van der Waals surface area contributed by atoms with E-state index in [0.29, 0.717) is 18.2 Å². The third kappa shape index (κ3) is 4.05. The van der Waals surface area contributed by atoms with Crippen LogP contribution >= 0.6 is 0 Å².